The summed E-state index contributed by atoms with van der Waals surface area (Å²) in [6.45, 7) is 12.5. The highest BCUT2D eigenvalue weighted by Crippen LogP contribution is 2.32. The number of hydrogen-bond donors (Lipinski definition) is 1. The minimum absolute atomic E-state index is 0.138. The smallest absolute Gasteiger partial charge is 0.282 e. The minimum atomic E-state index is -4.18. The second-order valence-electron chi connectivity index (χ2n) is 5.95. The van der Waals surface area contributed by atoms with Gasteiger partial charge in [-0.15, -0.1) is 0 Å². The van der Waals surface area contributed by atoms with E-state index in [-0.39, 0.29) is 4.90 Å². The van der Waals surface area contributed by atoms with Crippen molar-refractivity contribution in [2.24, 2.45) is 0 Å². The molecular weight excluding hydrogens is 288 g/mol. The van der Waals surface area contributed by atoms with Gasteiger partial charge in [0.2, 0.25) is 0 Å². The molecule has 1 aromatic carbocycles. The first kappa shape index (κ1) is 17.4. The molecule has 0 aliphatic heterocycles. The zero-order valence-corrected chi connectivity index (χ0v) is 15.1. The average Bonchev–Trinajstić information content (AvgIpc) is 2.31. The first-order valence-electron chi connectivity index (χ1n) is 7.19. The zero-order chi connectivity index (χ0) is 15.7. The van der Waals surface area contributed by atoms with E-state index < -0.39 is 18.2 Å². The van der Waals surface area contributed by atoms with Crippen molar-refractivity contribution in [1.82, 2.24) is 0 Å². The van der Waals surface area contributed by atoms with Crippen molar-refractivity contribution in [2.45, 2.75) is 64.1 Å². The van der Waals surface area contributed by atoms with Gasteiger partial charge >= 0.3 is 0 Å². The molecular formula is C15H26O3SSi. The van der Waals surface area contributed by atoms with Crippen LogP contribution < -0.4 is 5.19 Å². The lowest BCUT2D eigenvalue weighted by Crippen LogP contribution is -2.52. The maximum Gasteiger partial charge on any atom is 0.294 e. The molecule has 0 heterocycles. The van der Waals surface area contributed by atoms with Gasteiger partial charge in [0, 0.05) is 0 Å². The molecule has 1 rings (SSSR count). The molecule has 0 fully saturated rings. The summed E-state index contributed by atoms with van der Waals surface area (Å²) in [5, 5.41) is 0.922. The summed E-state index contributed by atoms with van der Waals surface area (Å²) in [5.41, 5.74) is 2.30. The maximum absolute atomic E-state index is 11.8. The number of rotatable bonds is 5. The van der Waals surface area contributed by atoms with Crippen LogP contribution in [0.1, 0.15) is 38.8 Å². The van der Waals surface area contributed by atoms with E-state index in [1.807, 2.05) is 19.9 Å². The molecule has 0 saturated carbocycles. The summed E-state index contributed by atoms with van der Waals surface area (Å²) in [5.74, 6) is 0. The molecule has 0 aliphatic rings. The molecule has 0 atom stereocenters. The average molecular weight is 315 g/mol. The number of aryl methyl sites for hydroxylation is 2. The Morgan fingerprint density at radius 2 is 1.65 bits per heavy atom. The molecule has 20 heavy (non-hydrogen) atoms. The van der Waals surface area contributed by atoms with Crippen molar-refractivity contribution in [2.75, 3.05) is 0 Å². The minimum Gasteiger partial charge on any atom is -0.282 e. The van der Waals surface area contributed by atoms with Crippen LogP contribution in [0.15, 0.2) is 17.0 Å². The van der Waals surface area contributed by atoms with Crippen LogP contribution in [0.2, 0.25) is 17.6 Å². The highest BCUT2D eigenvalue weighted by molar-refractivity contribution is 7.86. The Labute approximate surface area is 124 Å². The maximum atomic E-state index is 11.8. The van der Waals surface area contributed by atoms with Crippen LogP contribution in [-0.2, 0) is 10.1 Å². The Bertz CT molecular complexity index is 587. The Balaban J connectivity index is 3.83. The third-order valence-corrected chi connectivity index (χ3v) is 12.0. The predicted molar refractivity (Wildman–Crippen MR) is 87.2 cm³/mol. The monoisotopic (exact) mass is 314 g/mol. The van der Waals surface area contributed by atoms with E-state index in [9.17, 15) is 13.0 Å². The van der Waals surface area contributed by atoms with Crippen molar-refractivity contribution < 1.29 is 13.0 Å². The molecule has 0 spiro atoms. The quantitative estimate of drug-likeness (QED) is 0.666. The summed E-state index contributed by atoms with van der Waals surface area (Å²) in [6, 6.07) is 5.60. The van der Waals surface area contributed by atoms with Crippen molar-refractivity contribution >= 4 is 23.4 Å². The van der Waals surface area contributed by atoms with Crippen molar-refractivity contribution in [3.05, 3.63) is 23.3 Å². The Hall–Kier alpha value is -0.653. The molecule has 0 aliphatic carbocycles. The predicted octanol–water partition coefficient (Wildman–Crippen LogP) is 3.66. The van der Waals surface area contributed by atoms with Crippen LogP contribution in [0.4, 0.5) is 0 Å². The highest BCUT2D eigenvalue weighted by atomic mass is 32.2. The van der Waals surface area contributed by atoms with Crippen molar-refractivity contribution in [3.63, 3.8) is 0 Å². The topological polar surface area (TPSA) is 54.4 Å². The molecule has 1 aromatic rings. The number of benzene rings is 1. The SMILES string of the molecule is CC[Si](CC)(c1c(C)cc(C)cc1S(=O)(=O)O)C(C)C. The van der Waals surface area contributed by atoms with Gasteiger partial charge < -0.3 is 0 Å². The Morgan fingerprint density at radius 3 is 2.00 bits per heavy atom. The standard InChI is InChI=1S/C15H26O3SSi/c1-7-20(8-2,11(3)4)15-13(6)9-12(5)10-14(15)19(16,17)18/h9-11H,7-8H2,1-6H3,(H,16,17,18). The first-order chi connectivity index (χ1) is 9.10. The van der Waals surface area contributed by atoms with Gasteiger partial charge in [0.25, 0.3) is 10.1 Å². The largest absolute Gasteiger partial charge is 0.294 e. The number of hydrogen-bond acceptors (Lipinski definition) is 2. The second kappa shape index (κ2) is 5.99. The summed E-state index contributed by atoms with van der Waals surface area (Å²) < 4.78 is 33.3. The second-order valence-corrected chi connectivity index (χ2v) is 12.7. The fourth-order valence-electron chi connectivity index (χ4n) is 3.48. The van der Waals surface area contributed by atoms with E-state index in [0.717, 1.165) is 28.4 Å². The summed E-state index contributed by atoms with van der Waals surface area (Å²) in [7, 11) is -6.14. The van der Waals surface area contributed by atoms with Crippen LogP contribution in [0.5, 0.6) is 0 Å². The summed E-state index contributed by atoms with van der Waals surface area (Å²) in [4.78, 5) is 0.138. The van der Waals surface area contributed by atoms with E-state index in [1.54, 1.807) is 6.07 Å². The van der Waals surface area contributed by atoms with Gasteiger partial charge in [-0.1, -0.05) is 51.4 Å². The van der Waals surface area contributed by atoms with Gasteiger partial charge in [-0.25, -0.2) is 0 Å². The Kier molecular flexibility index (Phi) is 5.22. The first-order valence-corrected chi connectivity index (χ1v) is 11.1. The molecule has 0 radical (unpaired) electrons. The zero-order valence-electron chi connectivity index (χ0n) is 13.3. The van der Waals surface area contributed by atoms with E-state index in [1.165, 1.54) is 0 Å². The fourth-order valence-corrected chi connectivity index (χ4v) is 10.1. The van der Waals surface area contributed by atoms with Gasteiger partial charge in [-0.2, -0.15) is 8.42 Å². The highest BCUT2D eigenvalue weighted by Gasteiger charge is 2.40. The van der Waals surface area contributed by atoms with E-state index >= 15 is 0 Å². The molecule has 3 nitrogen and oxygen atoms in total. The van der Waals surface area contributed by atoms with E-state index in [4.69, 9.17) is 0 Å². The van der Waals surface area contributed by atoms with Gasteiger partial charge in [0.05, 0.1) is 13.0 Å². The molecule has 0 saturated heterocycles. The van der Waals surface area contributed by atoms with Gasteiger partial charge in [0.15, 0.2) is 0 Å². The van der Waals surface area contributed by atoms with Gasteiger partial charge in [-0.05, 0) is 36.2 Å². The third-order valence-electron chi connectivity index (χ3n) is 4.59. The molecule has 1 N–H and O–H groups in total. The summed E-state index contributed by atoms with van der Waals surface area (Å²) >= 11 is 0. The molecule has 114 valence electrons. The fraction of sp³-hybridized carbons (Fsp3) is 0.600. The lowest BCUT2D eigenvalue weighted by atomic mass is 10.2. The van der Waals surface area contributed by atoms with Crippen LogP contribution in [0.25, 0.3) is 0 Å². The summed E-state index contributed by atoms with van der Waals surface area (Å²) in [6.07, 6.45) is 0. The van der Waals surface area contributed by atoms with Crippen LogP contribution >= 0.6 is 0 Å². The normalized spacial score (nSPS) is 13.0. The van der Waals surface area contributed by atoms with Crippen molar-refractivity contribution in [1.29, 1.82) is 0 Å². The van der Waals surface area contributed by atoms with Crippen LogP contribution in [0, 0.1) is 13.8 Å². The lowest BCUT2D eigenvalue weighted by molar-refractivity contribution is 0.483. The Morgan fingerprint density at radius 1 is 1.15 bits per heavy atom. The molecule has 0 amide bonds. The van der Waals surface area contributed by atoms with Crippen molar-refractivity contribution in [3.8, 4) is 0 Å². The molecule has 0 aromatic heterocycles. The molecule has 5 heteroatoms. The van der Waals surface area contributed by atoms with Gasteiger partial charge in [0.1, 0.15) is 0 Å². The van der Waals surface area contributed by atoms with E-state index in [2.05, 4.69) is 27.7 Å². The van der Waals surface area contributed by atoms with Crippen LogP contribution in [-0.4, -0.2) is 21.0 Å². The molecule has 0 unspecified atom stereocenters. The van der Waals surface area contributed by atoms with Crippen LogP contribution in [0.3, 0.4) is 0 Å². The third kappa shape index (κ3) is 2.99. The molecule has 0 bridgehead atoms. The lowest BCUT2D eigenvalue weighted by Gasteiger charge is -2.37. The van der Waals surface area contributed by atoms with Gasteiger partial charge in [-0.3, -0.25) is 4.55 Å². The van der Waals surface area contributed by atoms with E-state index in [0.29, 0.717) is 5.54 Å².